The van der Waals surface area contributed by atoms with Gasteiger partial charge in [0.05, 0.1) is 28.8 Å². The van der Waals surface area contributed by atoms with Crippen molar-refractivity contribution in [1.82, 2.24) is 14.9 Å². The lowest BCUT2D eigenvalue weighted by molar-refractivity contribution is 0.0932. The molecule has 0 saturated heterocycles. The first kappa shape index (κ1) is 20.8. The molecule has 32 heavy (non-hydrogen) atoms. The first-order chi connectivity index (χ1) is 15.6. The van der Waals surface area contributed by atoms with Crippen molar-refractivity contribution in [1.29, 1.82) is 0 Å². The van der Waals surface area contributed by atoms with Crippen LogP contribution in [-0.4, -0.2) is 29.2 Å². The molecule has 1 aliphatic carbocycles. The molecule has 2 N–H and O–H groups in total. The number of pyridine rings is 1. The quantitative estimate of drug-likeness (QED) is 0.468. The Kier molecular flexibility index (Phi) is 5.49. The Hall–Kier alpha value is -3.09. The highest BCUT2D eigenvalue weighted by molar-refractivity contribution is 6.35. The maximum Gasteiger partial charge on any atom is 0.258 e. The molecule has 0 radical (unpaired) electrons. The molecular formula is C25H24ClN3O3. The Bertz CT molecular complexity index is 1390. The van der Waals surface area contributed by atoms with E-state index in [4.69, 9.17) is 16.3 Å². The van der Waals surface area contributed by atoms with Crippen LogP contribution in [0.2, 0.25) is 5.02 Å². The highest BCUT2D eigenvalue weighted by atomic mass is 35.5. The molecule has 0 bridgehead atoms. The van der Waals surface area contributed by atoms with E-state index in [1.807, 2.05) is 30.3 Å². The van der Waals surface area contributed by atoms with E-state index in [-0.39, 0.29) is 17.5 Å². The van der Waals surface area contributed by atoms with Crippen molar-refractivity contribution in [3.8, 4) is 0 Å². The second-order valence-corrected chi connectivity index (χ2v) is 8.58. The van der Waals surface area contributed by atoms with Crippen molar-refractivity contribution in [3.05, 3.63) is 80.9 Å². The normalized spacial score (nSPS) is 15.8. The molecule has 1 aliphatic rings. The number of carbonyl (C=O) groups excluding carboxylic acids is 1. The first-order valence-electron chi connectivity index (χ1n) is 10.8. The van der Waals surface area contributed by atoms with Crippen molar-refractivity contribution in [3.63, 3.8) is 0 Å². The number of ether oxygens (including phenoxy) is 1. The molecule has 0 spiro atoms. The zero-order valence-electron chi connectivity index (χ0n) is 17.8. The average Bonchev–Trinajstić information content (AvgIpc) is 3.20. The molecule has 5 rings (SSSR count). The van der Waals surface area contributed by atoms with E-state index in [1.54, 1.807) is 23.9 Å². The van der Waals surface area contributed by atoms with Crippen molar-refractivity contribution >= 4 is 39.2 Å². The Balaban J connectivity index is 1.54. The lowest BCUT2D eigenvalue weighted by atomic mass is 9.91. The number of rotatable bonds is 5. The third-order valence-corrected chi connectivity index (χ3v) is 6.59. The van der Waals surface area contributed by atoms with Crippen molar-refractivity contribution < 1.29 is 9.53 Å². The summed E-state index contributed by atoms with van der Waals surface area (Å²) in [5.41, 5.74) is 3.51. The Labute approximate surface area is 190 Å². The van der Waals surface area contributed by atoms with Crippen LogP contribution in [0, 0.1) is 0 Å². The molecule has 164 valence electrons. The van der Waals surface area contributed by atoms with Gasteiger partial charge in [0.25, 0.3) is 11.5 Å². The number of aromatic amines is 1. The minimum absolute atomic E-state index is 0.126. The molecule has 1 atom stereocenters. The number of halogens is 1. The number of para-hydroxylation sites is 1. The van der Waals surface area contributed by atoms with Crippen LogP contribution < -0.4 is 10.9 Å². The van der Waals surface area contributed by atoms with Crippen molar-refractivity contribution in [2.45, 2.75) is 31.8 Å². The lowest BCUT2D eigenvalue weighted by Gasteiger charge is -2.24. The van der Waals surface area contributed by atoms with E-state index in [2.05, 4.69) is 16.4 Å². The minimum atomic E-state index is -0.199. The summed E-state index contributed by atoms with van der Waals surface area (Å²) in [4.78, 5) is 29.8. The van der Waals surface area contributed by atoms with Gasteiger partial charge < -0.3 is 19.6 Å². The van der Waals surface area contributed by atoms with Gasteiger partial charge >= 0.3 is 0 Å². The van der Waals surface area contributed by atoms with Crippen molar-refractivity contribution in [2.75, 3.05) is 13.7 Å². The smallest absolute Gasteiger partial charge is 0.258 e. The number of methoxy groups -OCH3 is 1. The predicted molar refractivity (Wildman–Crippen MR) is 127 cm³/mol. The molecule has 4 aromatic rings. The van der Waals surface area contributed by atoms with Crippen molar-refractivity contribution in [2.24, 2.45) is 0 Å². The van der Waals surface area contributed by atoms with Gasteiger partial charge in [-0.15, -0.1) is 0 Å². The molecule has 0 saturated carbocycles. The van der Waals surface area contributed by atoms with E-state index in [0.29, 0.717) is 34.5 Å². The van der Waals surface area contributed by atoms with Gasteiger partial charge in [-0.2, -0.15) is 0 Å². The standard InChI is InChI=1S/C25H24ClN3O3/c1-32-13-12-29-14-19(15-6-2-3-7-18(15)25(29)31)24(30)27-21-11-5-9-17-16-8-4-10-20(26)22(16)28-23(17)21/h2-4,6-8,10,14,21,28H,5,9,11-13H2,1H3,(H,27,30). The molecule has 0 fully saturated rings. The van der Waals surface area contributed by atoms with Crippen LogP contribution in [0.3, 0.4) is 0 Å². The summed E-state index contributed by atoms with van der Waals surface area (Å²) >= 11 is 6.40. The summed E-state index contributed by atoms with van der Waals surface area (Å²) in [6.45, 7) is 0.773. The van der Waals surface area contributed by atoms with Crippen LogP contribution in [0.1, 0.15) is 40.5 Å². The molecule has 0 aliphatic heterocycles. The number of aryl methyl sites for hydroxylation is 1. The van der Waals surface area contributed by atoms with E-state index in [1.165, 1.54) is 5.56 Å². The van der Waals surface area contributed by atoms with Gasteiger partial charge in [0, 0.05) is 41.7 Å². The van der Waals surface area contributed by atoms with Gasteiger partial charge in [0.2, 0.25) is 0 Å². The molecule has 6 nitrogen and oxygen atoms in total. The number of nitrogens with zero attached hydrogens (tertiary/aromatic N) is 1. The largest absolute Gasteiger partial charge is 0.383 e. The fourth-order valence-electron chi connectivity index (χ4n) is 4.71. The van der Waals surface area contributed by atoms with E-state index >= 15 is 0 Å². The Morgan fingerprint density at radius 3 is 2.78 bits per heavy atom. The van der Waals surface area contributed by atoms with Crippen LogP contribution in [0.25, 0.3) is 21.7 Å². The zero-order chi connectivity index (χ0) is 22.2. The molecule has 1 amide bonds. The lowest BCUT2D eigenvalue weighted by Crippen LogP contribution is -2.33. The number of aromatic nitrogens is 2. The number of nitrogens with one attached hydrogen (secondary N) is 2. The number of benzene rings is 2. The fraction of sp³-hybridized carbons (Fsp3) is 0.280. The third kappa shape index (κ3) is 3.49. The molecule has 7 heteroatoms. The average molecular weight is 450 g/mol. The molecule has 1 unspecified atom stereocenters. The number of hydrogen-bond acceptors (Lipinski definition) is 3. The number of carbonyl (C=O) groups is 1. The van der Waals surface area contributed by atoms with Gasteiger partial charge in [-0.3, -0.25) is 9.59 Å². The van der Waals surface area contributed by atoms with Gasteiger partial charge in [-0.05, 0) is 37.0 Å². The summed E-state index contributed by atoms with van der Waals surface area (Å²) in [7, 11) is 1.59. The van der Waals surface area contributed by atoms with E-state index in [9.17, 15) is 9.59 Å². The number of hydrogen-bond donors (Lipinski definition) is 2. The molecule has 2 aromatic carbocycles. The molecular weight excluding hydrogens is 426 g/mol. The minimum Gasteiger partial charge on any atom is -0.383 e. The van der Waals surface area contributed by atoms with Gasteiger partial charge in [-0.1, -0.05) is 41.9 Å². The van der Waals surface area contributed by atoms with Gasteiger partial charge in [-0.25, -0.2) is 0 Å². The topological polar surface area (TPSA) is 76.1 Å². The predicted octanol–water partition coefficient (Wildman–Crippen LogP) is 4.59. The zero-order valence-corrected chi connectivity index (χ0v) is 18.5. The summed E-state index contributed by atoms with van der Waals surface area (Å²) in [5, 5.41) is 6.18. The maximum absolute atomic E-state index is 13.5. The maximum atomic E-state index is 13.5. The number of H-pyrrole nitrogens is 1. The SMILES string of the molecule is COCCn1cc(C(=O)NC2CCCc3c2[nH]c2c(Cl)cccc32)c2ccccc2c1=O. The second kappa shape index (κ2) is 8.45. The van der Waals surface area contributed by atoms with E-state index in [0.717, 1.165) is 35.9 Å². The summed E-state index contributed by atoms with van der Waals surface area (Å²) in [6.07, 6.45) is 4.41. The van der Waals surface area contributed by atoms with Crippen LogP contribution in [-0.2, 0) is 17.7 Å². The van der Waals surface area contributed by atoms with Crippen LogP contribution in [0.15, 0.2) is 53.5 Å². The fourth-order valence-corrected chi connectivity index (χ4v) is 4.93. The molecule has 2 heterocycles. The first-order valence-corrected chi connectivity index (χ1v) is 11.2. The van der Waals surface area contributed by atoms with Gasteiger partial charge in [0.1, 0.15) is 0 Å². The monoisotopic (exact) mass is 449 g/mol. The van der Waals surface area contributed by atoms with Crippen LogP contribution >= 0.6 is 11.6 Å². The van der Waals surface area contributed by atoms with Crippen LogP contribution in [0.5, 0.6) is 0 Å². The Morgan fingerprint density at radius 1 is 1.19 bits per heavy atom. The third-order valence-electron chi connectivity index (χ3n) is 6.27. The molecule has 2 aromatic heterocycles. The summed E-state index contributed by atoms with van der Waals surface area (Å²) in [5.74, 6) is -0.199. The Morgan fingerprint density at radius 2 is 1.97 bits per heavy atom. The number of amides is 1. The highest BCUT2D eigenvalue weighted by Crippen LogP contribution is 2.37. The highest BCUT2D eigenvalue weighted by Gasteiger charge is 2.27. The van der Waals surface area contributed by atoms with E-state index < -0.39 is 0 Å². The van der Waals surface area contributed by atoms with Gasteiger partial charge in [0.15, 0.2) is 0 Å². The second-order valence-electron chi connectivity index (χ2n) is 8.18. The summed E-state index contributed by atoms with van der Waals surface area (Å²) in [6, 6.07) is 13.0. The number of fused-ring (bicyclic) bond motifs is 4. The summed E-state index contributed by atoms with van der Waals surface area (Å²) < 4.78 is 6.69. The van der Waals surface area contributed by atoms with Crippen LogP contribution in [0.4, 0.5) is 0 Å².